The number of methoxy groups -OCH3 is 1. The molecule has 0 aliphatic rings. The van der Waals surface area contributed by atoms with E-state index in [0.717, 1.165) is 12.8 Å². The molecule has 0 saturated heterocycles. The molecule has 0 amide bonds. The molecule has 0 heterocycles. The van der Waals surface area contributed by atoms with Crippen molar-refractivity contribution in [3.05, 3.63) is 0 Å². The molecule has 0 spiro atoms. The van der Waals surface area contributed by atoms with Crippen LogP contribution in [0.25, 0.3) is 0 Å². The molecule has 70 valence electrons. The highest BCUT2D eigenvalue weighted by atomic mass is 16.5. The van der Waals surface area contributed by atoms with Gasteiger partial charge in [0.05, 0.1) is 5.60 Å². The van der Waals surface area contributed by atoms with Gasteiger partial charge in [0, 0.05) is 19.4 Å². The van der Waals surface area contributed by atoms with E-state index in [1.54, 1.807) is 7.11 Å². The molecular weight excluding hydrogens is 148 g/mol. The maximum absolute atomic E-state index is 5.37. The van der Waals surface area contributed by atoms with Crippen molar-refractivity contribution in [2.45, 2.75) is 46.1 Å². The van der Waals surface area contributed by atoms with Crippen molar-refractivity contribution in [1.82, 2.24) is 0 Å². The monoisotopic (exact) mass is 168 g/mol. The summed E-state index contributed by atoms with van der Waals surface area (Å²) >= 11 is 0. The molecule has 1 atom stereocenters. The van der Waals surface area contributed by atoms with Gasteiger partial charge < -0.3 is 4.74 Å². The third-order valence-electron chi connectivity index (χ3n) is 2.09. The second-order valence-electron chi connectivity index (χ2n) is 3.66. The summed E-state index contributed by atoms with van der Waals surface area (Å²) in [5, 5.41) is 0. The summed E-state index contributed by atoms with van der Waals surface area (Å²) in [5.41, 5.74) is -0.0537. The van der Waals surface area contributed by atoms with Gasteiger partial charge in [0.2, 0.25) is 0 Å². The third-order valence-corrected chi connectivity index (χ3v) is 2.09. The zero-order chi connectivity index (χ0) is 9.61. The van der Waals surface area contributed by atoms with Crippen LogP contribution in [0.2, 0.25) is 0 Å². The van der Waals surface area contributed by atoms with E-state index in [9.17, 15) is 0 Å². The third kappa shape index (κ3) is 4.41. The maximum Gasteiger partial charge on any atom is 0.0756 e. The lowest BCUT2D eigenvalue weighted by molar-refractivity contribution is 0.00732. The van der Waals surface area contributed by atoms with Crippen molar-refractivity contribution in [3.8, 4) is 11.8 Å². The van der Waals surface area contributed by atoms with Crippen LogP contribution in [0.4, 0.5) is 0 Å². The molecule has 0 rings (SSSR count). The lowest BCUT2D eigenvalue weighted by Crippen LogP contribution is -2.25. The van der Waals surface area contributed by atoms with E-state index < -0.39 is 0 Å². The highest BCUT2D eigenvalue weighted by Crippen LogP contribution is 2.17. The normalized spacial score (nSPS) is 15.2. The van der Waals surface area contributed by atoms with E-state index >= 15 is 0 Å². The first-order chi connectivity index (χ1) is 5.54. The average molecular weight is 168 g/mol. The van der Waals surface area contributed by atoms with Crippen molar-refractivity contribution in [1.29, 1.82) is 0 Å². The van der Waals surface area contributed by atoms with Crippen LogP contribution in [0.1, 0.15) is 40.5 Å². The highest BCUT2D eigenvalue weighted by molar-refractivity contribution is 5.04. The van der Waals surface area contributed by atoms with Crippen LogP contribution in [-0.4, -0.2) is 12.7 Å². The number of hydrogen-bond acceptors (Lipinski definition) is 1. The van der Waals surface area contributed by atoms with E-state index in [0.29, 0.717) is 5.92 Å². The van der Waals surface area contributed by atoms with Crippen LogP contribution >= 0.6 is 0 Å². The van der Waals surface area contributed by atoms with Crippen LogP contribution in [-0.2, 0) is 4.74 Å². The first-order valence-electron chi connectivity index (χ1n) is 4.57. The van der Waals surface area contributed by atoms with Crippen molar-refractivity contribution in [3.63, 3.8) is 0 Å². The summed E-state index contributed by atoms with van der Waals surface area (Å²) in [6, 6.07) is 0. The lowest BCUT2D eigenvalue weighted by Gasteiger charge is -2.23. The van der Waals surface area contributed by atoms with Gasteiger partial charge in [0.1, 0.15) is 0 Å². The summed E-state index contributed by atoms with van der Waals surface area (Å²) in [6.07, 6.45) is 1.84. The molecule has 1 heteroatoms. The summed E-state index contributed by atoms with van der Waals surface area (Å²) in [4.78, 5) is 0. The summed E-state index contributed by atoms with van der Waals surface area (Å²) in [6.45, 7) is 8.43. The van der Waals surface area contributed by atoms with Crippen molar-refractivity contribution in [2.75, 3.05) is 7.11 Å². The second kappa shape index (κ2) is 5.22. The molecule has 0 aliphatic carbocycles. The van der Waals surface area contributed by atoms with E-state index in [4.69, 9.17) is 4.74 Å². The Morgan fingerprint density at radius 2 is 2.00 bits per heavy atom. The molecule has 0 aromatic rings. The van der Waals surface area contributed by atoms with Gasteiger partial charge in [0.15, 0.2) is 0 Å². The summed E-state index contributed by atoms with van der Waals surface area (Å²) in [5.74, 6) is 6.75. The van der Waals surface area contributed by atoms with Gasteiger partial charge in [-0.1, -0.05) is 20.8 Å². The minimum absolute atomic E-state index is 0.0537. The molecule has 0 bridgehead atoms. The Hall–Kier alpha value is -0.480. The topological polar surface area (TPSA) is 9.23 Å². The fraction of sp³-hybridized carbons (Fsp3) is 0.818. The fourth-order valence-corrected chi connectivity index (χ4v) is 0.784. The van der Waals surface area contributed by atoms with E-state index in [1.165, 1.54) is 0 Å². The molecule has 0 aliphatic heterocycles. The van der Waals surface area contributed by atoms with Gasteiger partial charge in [-0.05, 0) is 13.3 Å². The minimum atomic E-state index is -0.0537. The smallest absolute Gasteiger partial charge is 0.0756 e. The molecule has 0 N–H and O–H groups in total. The van der Waals surface area contributed by atoms with Gasteiger partial charge in [-0.2, -0.15) is 0 Å². The van der Waals surface area contributed by atoms with Gasteiger partial charge in [0.25, 0.3) is 0 Å². The van der Waals surface area contributed by atoms with Crippen molar-refractivity contribution in [2.24, 2.45) is 5.92 Å². The molecule has 0 aromatic carbocycles. The minimum Gasteiger partial charge on any atom is -0.378 e. The van der Waals surface area contributed by atoms with Crippen molar-refractivity contribution >= 4 is 0 Å². The van der Waals surface area contributed by atoms with E-state index in [-0.39, 0.29) is 5.60 Å². The van der Waals surface area contributed by atoms with Crippen LogP contribution in [0, 0.1) is 17.8 Å². The zero-order valence-corrected chi connectivity index (χ0v) is 8.90. The molecule has 0 fully saturated rings. The predicted octanol–water partition coefficient (Wildman–Crippen LogP) is 2.85. The standard InChI is InChI=1S/C11H20O/c1-6-11(4,12-5)9-7-8-10(2)3/h10H,6,9H2,1-5H3. The van der Waals surface area contributed by atoms with Gasteiger partial charge in [-0.25, -0.2) is 0 Å². The van der Waals surface area contributed by atoms with Crippen LogP contribution < -0.4 is 0 Å². The average Bonchev–Trinajstić information content (AvgIpc) is 2.03. The molecule has 12 heavy (non-hydrogen) atoms. The molecule has 1 nitrogen and oxygen atoms in total. The fourth-order valence-electron chi connectivity index (χ4n) is 0.784. The highest BCUT2D eigenvalue weighted by Gasteiger charge is 2.18. The first-order valence-corrected chi connectivity index (χ1v) is 4.57. The maximum atomic E-state index is 5.37. The van der Waals surface area contributed by atoms with Crippen molar-refractivity contribution < 1.29 is 4.74 Å². The van der Waals surface area contributed by atoms with E-state index in [1.807, 2.05) is 0 Å². The van der Waals surface area contributed by atoms with Crippen LogP contribution in [0.15, 0.2) is 0 Å². The Balaban J connectivity index is 3.99. The summed E-state index contributed by atoms with van der Waals surface area (Å²) < 4.78 is 5.37. The first kappa shape index (κ1) is 11.5. The number of rotatable bonds is 3. The zero-order valence-electron chi connectivity index (χ0n) is 8.90. The van der Waals surface area contributed by atoms with Gasteiger partial charge >= 0.3 is 0 Å². The molecule has 0 radical (unpaired) electrons. The SMILES string of the molecule is CCC(C)(CC#CC(C)C)OC. The largest absolute Gasteiger partial charge is 0.378 e. The Bertz CT molecular complexity index is 167. The predicted molar refractivity (Wildman–Crippen MR) is 52.9 cm³/mol. The van der Waals surface area contributed by atoms with Gasteiger partial charge in [-0.15, -0.1) is 11.8 Å². The lowest BCUT2D eigenvalue weighted by atomic mass is 9.99. The summed E-state index contributed by atoms with van der Waals surface area (Å²) in [7, 11) is 1.75. The molecule has 0 aromatic heterocycles. The molecule has 1 unspecified atom stereocenters. The van der Waals surface area contributed by atoms with Crippen LogP contribution in [0.5, 0.6) is 0 Å². The molecular formula is C11H20O. The molecule has 0 saturated carbocycles. The number of hydrogen-bond donors (Lipinski definition) is 0. The number of ether oxygens (including phenoxy) is 1. The van der Waals surface area contributed by atoms with E-state index in [2.05, 4.69) is 39.5 Å². The van der Waals surface area contributed by atoms with Gasteiger partial charge in [-0.3, -0.25) is 0 Å². The Kier molecular flexibility index (Phi) is 5.01. The Labute approximate surface area is 76.5 Å². The quantitative estimate of drug-likeness (QED) is 0.589. The Morgan fingerprint density at radius 1 is 1.42 bits per heavy atom. The van der Waals surface area contributed by atoms with Crippen LogP contribution in [0.3, 0.4) is 0 Å². The second-order valence-corrected chi connectivity index (χ2v) is 3.66. The Morgan fingerprint density at radius 3 is 2.33 bits per heavy atom.